The second-order valence-corrected chi connectivity index (χ2v) is 8.48. The first kappa shape index (κ1) is 19.6. The lowest BCUT2D eigenvalue weighted by molar-refractivity contribution is -0.120. The van der Waals surface area contributed by atoms with Crippen molar-refractivity contribution in [2.45, 2.75) is 24.8 Å². The van der Waals surface area contributed by atoms with Crippen molar-refractivity contribution in [2.75, 3.05) is 18.0 Å². The summed E-state index contributed by atoms with van der Waals surface area (Å²) >= 11 is 6.14. The molecule has 0 aliphatic carbocycles. The highest BCUT2D eigenvalue weighted by Crippen LogP contribution is 2.45. The third kappa shape index (κ3) is 3.25. The summed E-state index contributed by atoms with van der Waals surface area (Å²) in [6.07, 6.45) is 5.08. The Morgan fingerprint density at radius 3 is 2.61 bits per heavy atom. The van der Waals surface area contributed by atoms with Gasteiger partial charge in [0.05, 0.1) is 18.2 Å². The van der Waals surface area contributed by atoms with Crippen LogP contribution in [0.4, 0.5) is 10.6 Å². The van der Waals surface area contributed by atoms with Gasteiger partial charge in [-0.15, -0.1) is 0 Å². The van der Waals surface area contributed by atoms with Gasteiger partial charge in [-0.2, -0.15) is 0 Å². The number of nitrogens with zero attached hydrogens (tertiary/aromatic N) is 4. The molecule has 2 aromatic carbocycles. The molecule has 3 aromatic rings. The minimum atomic E-state index is -0.564. The predicted octanol–water partition coefficient (Wildman–Crippen LogP) is 3.48. The van der Waals surface area contributed by atoms with E-state index in [4.69, 9.17) is 17.3 Å². The Morgan fingerprint density at radius 1 is 1.10 bits per heavy atom. The van der Waals surface area contributed by atoms with E-state index >= 15 is 0 Å². The van der Waals surface area contributed by atoms with Crippen molar-refractivity contribution in [3.8, 4) is 5.69 Å². The van der Waals surface area contributed by atoms with Gasteiger partial charge in [0.2, 0.25) is 5.91 Å². The Kier molecular flexibility index (Phi) is 4.70. The number of hydrogen-bond donors (Lipinski definition) is 1. The molecule has 1 saturated heterocycles. The summed E-state index contributed by atoms with van der Waals surface area (Å²) in [7, 11) is 0. The second-order valence-electron chi connectivity index (χ2n) is 8.04. The van der Waals surface area contributed by atoms with Gasteiger partial charge in [0.15, 0.2) is 5.82 Å². The number of aromatic nitrogens is 2. The molecule has 2 aliphatic heterocycles. The molecule has 0 unspecified atom stereocenters. The van der Waals surface area contributed by atoms with Crippen LogP contribution in [-0.2, 0) is 16.8 Å². The fraction of sp³-hybridized carbons (Fsp3) is 0.261. The molecule has 0 saturated carbocycles. The fourth-order valence-electron chi connectivity index (χ4n) is 4.87. The maximum absolute atomic E-state index is 13.4. The van der Waals surface area contributed by atoms with Crippen molar-refractivity contribution in [2.24, 2.45) is 5.73 Å². The van der Waals surface area contributed by atoms with Crippen LogP contribution >= 0.6 is 11.6 Å². The Bertz CT molecular complexity index is 1170. The van der Waals surface area contributed by atoms with Gasteiger partial charge in [0, 0.05) is 23.8 Å². The summed E-state index contributed by atoms with van der Waals surface area (Å²) in [5.41, 5.74) is 7.97. The van der Waals surface area contributed by atoms with Crippen LogP contribution in [0.1, 0.15) is 24.0 Å². The summed E-state index contributed by atoms with van der Waals surface area (Å²) in [5.74, 6) is 0.592. The number of anilines is 1. The van der Waals surface area contributed by atoms with Gasteiger partial charge in [-0.1, -0.05) is 41.9 Å². The molecular weight excluding hydrogens is 414 g/mol. The third-order valence-electron chi connectivity index (χ3n) is 6.34. The molecule has 2 N–H and O–H groups in total. The second kappa shape index (κ2) is 7.42. The van der Waals surface area contributed by atoms with Crippen molar-refractivity contribution >= 4 is 29.4 Å². The van der Waals surface area contributed by atoms with Crippen LogP contribution in [0.25, 0.3) is 5.69 Å². The van der Waals surface area contributed by atoms with E-state index in [9.17, 15) is 9.59 Å². The van der Waals surface area contributed by atoms with E-state index in [1.165, 1.54) is 0 Å². The van der Waals surface area contributed by atoms with Crippen LogP contribution in [-0.4, -0.2) is 39.5 Å². The Labute approximate surface area is 185 Å². The maximum atomic E-state index is 13.4. The molecule has 0 atom stereocenters. The number of carbonyl (C=O) groups is 2. The lowest BCUT2D eigenvalue weighted by Gasteiger charge is -2.51. The highest BCUT2D eigenvalue weighted by atomic mass is 35.5. The number of rotatable bonds is 2. The number of imidazole rings is 1. The number of halogens is 1. The van der Waals surface area contributed by atoms with E-state index in [-0.39, 0.29) is 5.91 Å². The van der Waals surface area contributed by atoms with Crippen LogP contribution < -0.4 is 10.6 Å². The number of nitrogens with two attached hydrogens (primary N) is 1. The van der Waals surface area contributed by atoms with Gasteiger partial charge < -0.3 is 15.2 Å². The van der Waals surface area contributed by atoms with Gasteiger partial charge in [-0.3, -0.25) is 9.69 Å². The number of benzene rings is 2. The molecule has 7 nitrogen and oxygen atoms in total. The summed E-state index contributed by atoms with van der Waals surface area (Å²) < 4.78 is 1.86. The minimum absolute atomic E-state index is 0.00238. The van der Waals surface area contributed by atoms with Crippen molar-refractivity contribution in [1.82, 2.24) is 14.5 Å². The number of fused-ring (bicyclic) bond motifs is 2. The monoisotopic (exact) mass is 435 g/mol. The molecule has 1 spiro atoms. The molecule has 8 heteroatoms. The number of amides is 3. The van der Waals surface area contributed by atoms with Crippen LogP contribution in [0.5, 0.6) is 0 Å². The third-order valence-corrected chi connectivity index (χ3v) is 6.58. The summed E-state index contributed by atoms with van der Waals surface area (Å²) in [5, 5.41) is 0.631. The lowest BCUT2D eigenvalue weighted by atomic mass is 9.74. The van der Waals surface area contributed by atoms with Gasteiger partial charge in [0.25, 0.3) is 0 Å². The van der Waals surface area contributed by atoms with Crippen molar-refractivity contribution in [3.05, 3.63) is 77.2 Å². The Balaban J connectivity index is 1.59. The zero-order valence-corrected chi connectivity index (χ0v) is 17.6. The van der Waals surface area contributed by atoms with E-state index in [2.05, 4.69) is 11.1 Å². The Hall–Kier alpha value is -3.32. The maximum Gasteiger partial charge on any atom is 0.314 e. The van der Waals surface area contributed by atoms with Gasteiger partial charge >= 0.3 is 6.03 Å². The topological polar surface area (TPSA) is 84.5 Å². The number of piperidine rings is 1. The highest BCUT2D eigenvalue weighted by molar-refractivity contribution is 6.30. The normalized spacial score (nSPS) is 17.6. The first-order valence-corrected chi connectivity index (χ1v) is 10.6. The number of carbonyl (C=O) groups excluding carboxylic acids is 2. The molecule has 1 fully saturated rings. The van der Waals surface area contributed by atoms with Crippen LogP contribution in [0.3, 0.4) is 0 Å². The lowest BCUT2D eigenvalue weighted by Crippen LogP contribution is -2.59. The first-order valence-electron chi connectivity index (χ1n) is 10.2. The zero-order chi connectivity index (χ0) is 21.6. The van der Waals surface area contributed by atoms with Gasteiger partial charge in [0.1, 0.15) is 6.33 Å². The van der Waals surface area contributed by atoms with E-state index in [1.54, 1.807) is 11.2 Å². The number of hydrogen-bond acceptors (Lipinski definition) is 3. The summed E-state index contributed by atoms with van der Waals surface area (Å²) in [6, 6.07) is 15.1. The van der Waals surface area contributed by atoms with Crippen molar-refractivity contribution < 1.29 is 9.59 Å². The number of urea groups is 1. The van der Waals surface area contributed by atoms with Crippen LogP contribution in [0.15, 0.2) is 61.1 Å². The van der Waals surface area contributed by atoms with E-state index < -0.39 is 11.6 Å². The molecule has 5 rings (SSSR count). The molecule has 31 heavy (non-hydrogen) atoms. The molecule has 2 aliphatic rings. The zero-order valence-electron chi connectivity index (χ0n) is 16.9. The van der Waals surface area contributed by atoms with Gasteiger partial charge in [-0.25, -0.2) is 9.78 Å². The summed E-state index contributed by atoms with van der Waals surface area (Å²) in [6.45, 7) is 0.977. The minimum Gasteiger partial charge on any atom is -0.351 e. The molecule has 0 bridgehead atoms. The van der Waals surface area contributed by atoms with Gasteiger partial charge in [-0.05, 0) is 42.2 Å². The predicted molar refractivity (Wildman–Crippen MR) is 118 cm³/mol. The van der Waals surface area contributed by atoms with Crippen molar-refractivity contribution in [1.29, 1.82) is 0 Å². The van der Waals surface area contributed by atoms with Crippen molar-refractivity contribution in [3.63, 3.8) is 0 Å². The fourth-order valence-corrected chi connectivity index (χ4v) is 5.06. The highest BCUT2D eigenvalue weighted by Gasteiger charge is 2.49. The standard InChI is InChI=1S/C23H22ClN5O2/c24-17-5-3-6-18(13-17)28-14-20(26-15-28)29-21(30)12-16-4-1-2-7-19(16)23(29)8-10-27(11-9-23)22(25)31/h1-7,13-15H,8-12H2,(H2,25,31). The van der Waals surface area contributed by atoms with Crippen LogP contribution in [0.2, 0.25) is 5.02 Å². The number of primary amides is 1. The SMILES string of the molecule is NC(=O)N1CCC2(CC1)c1ccccc1CC(=O)N2c1cn(-c2cccc(Cl)c2)cn1. The summed E-state index contributed by atoms with van der Waals surface area (Å²) in [4.78, 5) is 33.2. The smallest absolute Gasteiger partial charge is 0.314 e. The molecule has 0 radical (unpaired) electrons. The van der Waals surface area contributed by atoms with E-state index in [0.29, 0.717) is 43.2 Å². The average Bonchev–Trinajstić information content (AvgIpc) is 3.24. The first-order chi connectivity index (χ1) is 15.0. The molecule has 1 aromatic heterocycles. The Morgan fingerprint density at radius 2 is 1.87 bits per heavy atom. The quantitative estimate of drug-likeness (QED) is 0.668. The van der Waals surface area contributed by atoms with E-state index in [1.807, 2.05) is 58.1 Å². The average molecular weight is 436 g/mol. The molecule has 3 heterocycles. The molecular formula is C23H22ClN5O2. The largest absolute Gasteiger partial charge is 0.351 e. The molecule has 3 amide bonds. The number of likely N-dealkylation sites (tertiary alicyclic amines) is 1. The van der Waals surface area contributed by atoms with Crippen LogP contribution in [0, 0.1) is 0 Å². The van der Waals surface area contributed by atoms with E-state index in [0.717, 1.165) is 16.8 Å². The molecule has 158 valence electrons.